The number of ether oxygens (including phenoxy) is 1. The van der Waals surface area contributed by atoms with Crippen LogP contribution in [0.3, 0.4) is 0 Å². The minimum Gasteiger partial charge on any atom is -0.463 e. The first-order valence-corrected chi connectivity index (χ1v) is 10.1. The molecule has 2 aliphatic heterocycles. The number of hydrogen-bond donors (Lipinski definition) is 1. The molecule has 0 spiro atoms. The molecule has 1 aromatic carbocycles. The summed E-state index contributed by atoms with van der Waals surface area (Å²) >= 11 is 6.08. The summed E-state index contributed by atoms with van der Waals surface area (Å²) in [6.07, 6.45) is 2.15. The molecular formula is C21H22ClN5O2. The predicted octanol–water partition coefficient (Wildman–Crippen LogP) is 3.86. The van der Waals surface area contributed by atoms with E-state index in [4.69, 9.17) is 21.4 Å². The van der Waals surface area contributed by atoms with E-state index in [0.717, 1.165) is 31.5 Å². The second-order valence-electron chi connectivity index (χ2n) is 7.14. The van der Waals surface area contributed by atoms with E-state index in [-0.39, 0.29) is 6.61 Å². The lowest BCUT2D eigenvalue weighted by Gasteiger charge is -2.29. The molecule has 1 atom stereocenters. The summed E-state index contributed by atoms with van der Waals surface area (Å²) in [6.45, 7) is 5.61. The topological polar surface area (TPSA) is 83.2 Å². The molecular weight excluding hydrogens is 390 g/mol. The van der Waals surface area contributed by atoms with Crippen molar-refractivity contribution in [2.24, 2.45) is 0 Å². The molecule has 0 unspecified atom stereocenters. The number of fused-ring (bicyclic) bond motifs is 1. The number of hydrogen-bond acceptors (Lipinski definition) is 6. The van der Waals surface area contributed by atoms with Gasteiger partial charge in [0.1, 0.15) is 23.5 Å². The number of allylic oxidation sites excluding steroid dienone is 1. The molecule has 2 aromatic rings. The molecule has 0 saturated carbocycles. The van der Waals surface area contributed by atoms with Crippen molar-refractivity contribution in [3.8, 4) is 6.07 Å². The average Bonchev–Trinajstić information content (AvgIpc) is 3.35. The second-order valence-corrected chi connectivity index (χ2v) is 7.57. The Morgan fingerprint density at radius 2 is 2.03 bits per heavy atom. The maximum absolute atomic E-state index is 12.8. The monoisotopic (exact) mass is 411 g/mol. The summed E-state index contributed by atoms with van der Waals surface area (Å²) in [7, 11) is 0. The van der Waals surface area contributed by atoms with Crippen molar-refractivity contribution in [1.82, 2.24) is 9.78 Å². The number of rotatable bonds is 4. The quantitative estimate of drug-likeness (QED) is 0.769. The lowest BCUT2D eigenvalue weighted by atomic mass is 9.95. The molecule has 0 amide bonds. The summed E-state index contributed by atoms with van der Waals surface area (Å²) in [5.41, 5.74) is 2.47. The molecule has 4 rings (SSSR count). The first kappa shape index (κ1) is 19.3. The largest absolute Gasteiger partial charge is 0.463 e. The van der Waals surface area contributed by atoms with Crippen LogP contribution in [0, 0.1) is 11.3 Å². The van der Waals surface area contributed by atoms with Crippen molar-refractivity contribution >= 4 is 29.2 Å². The first-order valence-electron chi connectivity index (χ1n) is 9.73. The van der Waals surface area contributed by atoms with E-state index in [1.165, 1.54) is 0 Å². The van der Waals surface area contributed by atoms with Gasteiger partial charge in [0.2, 0.25) is 0 Å². The van der Waals surface area contributed by atoms with Gasteiger partial charge in [-0.1, -0.05) is 23.7 Å². The van der Waals surface area contributed by atoms with Crippen LogP contribution in [0.4, 0.5) is 11.6 Å². The van der Waals surface area contributed by atoms with Crippen molar-refractivity contribution < 1.29 is 9.53 Å². The predicted molar refractivity (Wildman–Crippen MR) is 111 cm³/mol. The summed E-state index contributed by atoms with van der Waals surface area (Å²) in [5.74, 6) is 0.851. The van der Waals surface area contributed by atoms with Crippen LogP contribution in [0.2, 0.25) is 5.02 Å². The van der Waals surface area contributed by atoms with Crippen molar-refractivity contribution in [1.29, 1.82) is 5.26 Å². The van der Waals surface area contributed by atoms with Gasteiger partial charge in [-0.25, -0.2) is 9.48 Å². The number of carbonyl (C=O) groups is 1. The van der Waals surface area contributed by atoms with E-state index in [2.05, 4.69) is 16.3 Å². The zero-order valence-electron chi connectivity index (χ0n) is 16.4. The highest BCUT2D eigenvalue weighted by atomic mass is 35.5. The minimum absolute atomic E-state index is 0.275. The molecule has 2 aliphatic rings. The van der Waals surface area contributed by atoms with Gasteiger partial charge in [-0.15, -0.1) is 0 Å². The van der Waals surface area contributed by atoms with Crippen molar-refractivity contribution in [2.75, 3.05) is 29.9 Å². The van der Waals surface area contributed by atoms with Crippen molar-refractivity contribution in [3.05, 3.63) is 51.7 Å². The van der Waals surface area contributed by atoms with Crippen LogP contribution in [-0.2, 0) is 9.53 Å². The van der Waals surface area contributed by atoms with Gasteiger partial charge in [0, 0.05) is 23.8 Å². The Bertz CT molecular complexity index is 1010. The highest BCUT2D eigenvalue weighted by molar-refractivity contribution is 6.30. The second kappa shape index (κ2) is 7.80. The van der Waals surface area contributed by atoms with E-state index in [9.17, 15) is 10.1 Å². The SMILES string of the molecule is CCOC(=O)C1=C(C)Nc2c(C#N)c(N3CCCC3)nn2[C@H]1c1ccc(Cl)cc1. The van der Waals surface area contributed by atoms with Crippen LogP contribution in [0.15, 0.2) is 35.5 Å². The Labute approximate surface area is 174 Å². The van der Waals surface area contributed by atoms with E-state index < -0.39 is 12.0 Å². The molecule has 8 heteroatoms. The van der Waals surface area contributed by atoms with E-state index in [1.54, 1.807) is 23.7 Å². The Hall–Kier alpha value is -2.98. The zero-order chi connectivity index (χ0) is 20.5. The Kier molecular flexibility index (Phi) is 5.20. The van der Waals surface area contributed by atoms with Gasteiger partial charge in [-0.3, -0.25) is 0 Å². The smallest absolute Gasteiger partial charge is 0.338 e. The van der Waals surface area contributed by atoms with Crippen LogP contribution >= 0.6 is 11.6 Å². The maximum Gasteiger partial charge on any atom is 0.338 e. The van der Waals surface area contributed by atoms with Crippen LogP contribution < -0.4 is 10.2 Å². The van der Waals surface area contributed by atoms with E-state index in [1.807, 2.05) is 19.1 Å². The Morgan fingerprint density at radius 1 is 1.34 bits per heavy atom. The molecule has 7 nitrogen and oxygen atoms in total. The number of nitrogens with one attached hydrogen (secondary N) is 1. The third kappa shape index (κ3) is 3.34. The Morgan fingerprint density at radius 3 is 2.66 bits per heavy atom. The molecule has 1 fully saturated rings. The fourth-order valence-corrected chi connectivity index (χ4v) is 4.11. The van der Waals surface area contributed by atoms with Gasteiger partial charge in [0.05, 0.1) is 12.2 Å². The van der Waals surface area contributed by atoms with Crippen LogP contribution in [0.5, 0.6) is 0 Å². The Balaban J connectivity index is 1.90. The van der Waals surface area contributed by atoms with E-state index >= 15 is 0 Å². The number of benzene rings is 1. The van der Waals surface area contributed by atoms with Gasteiger partial charge >= 0.3 is 5.97 Å². The lowest BCUT2D eigenvalue weighted by molar-refractivity contribution is -0.139. The fourth-order valence-electron chi connectivity index (χ4n) is 3.98. The highest BCUT2D eigenvalue weighted by Crippen LogP contribution is 2.41. The number of nitriles is 1. The molecule has 1 saturated heterocycles. The van der Waals surface area contributed by atoms with Crippen LogP contribution in [0.25, 0.3) is 0 Å². The average molecular weight is 412 g/mol. The fraction of sp³-hybridized carbons (Fsp3) is 0.381. The summed E-state index contributed by atoms with van der Waals surface area (Å²) in [4.78, 5) is 15.0. The normalized spacial score (nSPS) is 18.3. The van der Waals surface area contributed by atoms with Crippen molar-refractivity contribution in [3.63, 3.8) is 0 Å². The minimum atomic E-state index is -0.508. The molecule has 0 bridgehead atoms. The number of esters is 1. The summed E-state index contributed by atoms with van der Waals surface area (Å²) in [6, 6.07) is 9.11. The maximum atomic E-state index is 12.8. The van der Waals surface area contributed by atoms with Crippen LogP contribution in [-0.4, -0.2) is 35.4 Å². The summed E-state index contributed by atoms with van der Waals surface area (Å²) in [5, 5.41) is 18.5. The number of carbonyl (C=O) groups excluding carboxylic acids is 1. The molecule has 0 radical (unpaired) electrons. The van der Waals surface area contributed by atoms with Gasteiger partial charge in [-0.2, -0.15) is 10.4 Å². The van der Waals surface area contributed by atoms with Gasteiger partial charge in [-0.05, 0) is 44.4 Å². The molecule has 29 heavy (non-hydrogen) atoms. The third-order valence-corrected chi connectivity index (χ3v) is 5.57. The number of halogens is 1. The molecule has 1 N–H and O–H groups in total. The number of aromatic nitrogens is 2. The van der Waals surface area contributed by atoms with Crippen LogP contribution in [0.1, 0.15) is 43.9 Å². The van der Waals surface area contributed by atoms with Gasteiger partial charge < -0.3 is 15.0 Å². The number of anilines is 2. The first-order chi connectivity index (χ1) is 14.0. The van der Waals surface area contributed by atoms with E-state index in [0.29, 0.717) is 33.5 Å². The summed E-state index contributed by atoms with van der Waals surface area (Å²) < 4.78 is 7.06. The third-order valence-electron chi connectivity index (χ3n) is 5.32. The standard InChI is InChI=1S/C21H22ClN5O2/c1-3-29-21(28)17-13(2)24-19-16(12-23)20(26-10-4-5-11-26)25-27(19)18(17)14-6-8-15(22)9-7-14/h6-9,18,24H,3-5,10-11H2,1-2H3/t18-/m0/s1. The van der Waals surface area contributed by atoms with Gasteiger partial charge in [0.25, 0.3) is 0 Å². The molecule has 150 valence electrons. The highest BCUT2D eigenvalue weighted by Gasteiger charge is 2.37. The molecule has 0 aliphatic carbocycles. The molecule has 1 aromatic heterocycles. The number of nitrogens with zero attached hydrogens (tertiary/aromatic N) is 4. The zero-order valence-corrected chi connectivity index (χ0v) is 17.2. The molecule has 3 heterocycles. The van der Waals surface area contributed by atoms with Crippen molar-refractivity contribution in [2.45, 2.75) is 32.7 Å². The van der Waals surface area contributed by atoms with Gasteiger partial charge in [0.15, 0.2) is 5.82 Å². The lowest BCUT2D eigenvalue weighted by Crippen LogP contribution is -2.29.